The number of allylic oxidation sites excluding steroid dienone is 2. The van der Waals surface area contributed by atoms with Crippen LogP contribution in [0.15, 0.2) is 22.8 Å². The van der Waals surface area contributed by atoms with Gasteiger partial charge in [0.05, 0.1) is 7.11 Å². The maximum atomic E-state index is 11.3. The maximum Gasteiger partial charge on any atom is 0.270 e. The Hall–Kier alpha value is -1.62. The van der Waals surface area contributed by atoms with Crippen LogP contribution in [0, 0.1) is 0 Å². The van der Waals surface area contributed by atoms with Gasteiger partial charge in [0.1, 0.15) is 0 Å². The fourth-order valence-electron chi connectivity index (χ4n) is 1.45. The number of carbonyl (C=O) groups excluding carboxylic acids is 2. The van der Waals surface area contributed by atoms with Gasteiger partial charge in [0.2, 0.25) is 5.91 Å². The minimum absolute atomic E-state index is 0.142. The van der Waals surface area contributed by atoms with Gasteiger partial charge >= 0.3 is 0 Å². The molecule has 0 aromatic carbocycles. The molecule has 5 nitrogen and oxygen atoms in total. The van der Waals surface area contributed by atoms with Gasteiger partial charge in [-0.25, -0.2) is 5.48 Å². The quantitative estimate of drug-likeness (QED) is 0.532. The summed E-state index contributed by atoms with van der Waals surface area (Å²) in [4.78, 5) is 26.2. The Bertz CT molecular complexity index is 399. The molecular formula is C17H32N2O3. The summed E-state index contributed by atoms with van der Waals surface area (Å²) in [6.45, 7) is 9.74. The Kier molecular flexibility index (Phi) is 14.8. The molecule has 0 heterocycles. The molecule has 0 unspecified atom stereocenters. The summed E-state index contributed by atoms with van der Waals surface area (Å²) in [7, 11) is 1.44. The Morgan fingerprint density at radius 1 is 1.14 bits per heavy atom. The zero-order chi connectivity index (χ0) is 17.5. The lowest BCUT2D eigenvalue weighted by Crippen LogP contribution is -2.23. The first-order valence-corrected chi connectivity index (χ1v) is 7.77. The van der Waals surface area contributed by atoms with Crippen LogP contribution in [0.1, 0.15) is 66.7 Å². The second-order valence-corrected chi connectivity index (χ2v) is 5.18. The molecule has 0 fully saturated rings. The van der Waals surface area contributed by atoms with Crippen molar-refractivity contribution in [2.24, 2.45) is 5.73 Å². The highest BCUT2D eigenvalue weighted by molar-refractivity contribution is 5.92. The van der Waals surface area contributed by atoms with Gasteiger partial charge in [-0.2, -0.15) is 0 Å². The molecule has 0 aliphatic carbocycles. The smallest absolute Gasteiger partial charge is 0.270 e. The van der Waals surface area contributed by atoms with E-state index in [9.17, 15) is 9.59 Å². The van der Waals surface area contributed by atoms with Crippen molar-refractivity contribution in [1.82, 2.24) is 5.48 Å². The number of rotatable bonds is 8. The molecule has 0 bridgehead atoms. The van der Waals surface area contributed by atoms with Gasteiger partial charge in [-0.1, -0.05) is 38.3 Å². The SMILES string of the molecule is CCCC=C(C)C(N)=O.CCCCC(C)=C(C)C(=O)NOC. The number of unbranched alkanes of at least 4 members (excludes halogenated alkanes) is 2. The summed E-state index contributed by atoms with van der Waals surface area (Å²) < 4.78 is 0. The van der Waals surface area contributed by atoms with Crippen LogP contribution in [0.3, 0.4) is 0 Å². The molecular weight excluding hydrogens is 280 g/mol. The zero-order valence-corrected chi connectivity index (χ0v) is 14.9. The molecule has 0 saturated heterocycles. The summed E-state index contributed by atoms with van der Waals surface area (Å²) in [6, 6.07) is 0. The van der Waals surface area contributed by atoms with E-state index in [1.54, 1.807) is 6.92 Å². The lowest BCUT2D eigenvalue weighted by Gasteiger charge is -2.06. The van der Waals surface area contributed by atoms with E-state index in [-0.39, 0.29) is 11.8 Å². The fraction of sp³-hybridized carbons (Fsp3) is 0.647. The minimum Gasteiger partial charge on any atom is -0.366 e. The second kappa shape index (κ2) is 14.3. The Morgan fingerprint density at radius 2 is 1.73 bits per heavy atom. The third kappa shape index (κ3) is 12.1. The predicted molar refractivity (Wildman–Crippen MR) is 90.9 cm³/mol. The van der Waals surface area contributed by atoms with Crippen LogP contribution < -0.4 is 11.2 Å². The van der Waals surface area contributed by atoms with E-state index in [1.165, 1.54) is 7.11 Å². The number of amides is 2. The van der Waals surface area contributed by atoms with Crippen LogP contribution in [-0.4, -0.2) is 18.9 Å². The molecule has 0 saturated carbocycles. The highest BCUT2D eigenvalue weighted by Gasteiger charge is 2.06. The standard InChI is InChI=1S/C10H19NO2.C7H13NO/c1-5-6-7-8(2)9(3)10(12)11-13-4;1-3-4-5-6(2)7(8)9/h5-7H2,1-4H3,(H,11,12);5H,3-4H2,1-2H3,(H2,8,9). The van der Waals surface area contributed by atoms with E-state index in [0.717, 1.165) is 43.3 Å². The first kappa shape index (κ1) is 22.7. The van der Waals surface area contributed by atoms with Crippen molar-refractivity contribution in [3.8, 4) is 0 Å². The van der Waals surface area contributed by atoms with Crippen LogP contribution in [-0.2, 0) is 14.4 Å². The highest BCUT2D eigenvalue weighted by Crippen LogP contribution is 2.11. The number of nitrogens with two attached hydrogens (primary N) is 1. The van der Waals surface area contributed by atoms with Crippen LogP contribution in [0.5, 0.6) is 0 Å². The first-order chi connectivity index (χ1) is 10.3. The van der Waals surface area contributed by atoms with Crippen molar-refractivity contribution in [2.45, 2.75) is 66.7 Å². The number of nitrogens with one attached hydrogen (secondary N) is 1. The monoisotopic (exact) mass is 312 g/mol. The Morgan fingerprint density at radius 3 is 2.14 bits per heavy atom. The summed E-state index contributed by atoms with van der Waals surface area (Å²) in [6.07, 6.45) is 7.13. The summed E-state index contributed by atoms with van der Waals surface area (Å²) in [5.74, 6) is -0.459. The molecule has 0 aliphatic rings. The largest absolute Gasteiger partial charge is 0.366 e. The van der Waals surface area contributed by atoms with Gasteiger partial charge in [0, 0.05) is 11.1 Å². The van der Waals surface area contributed by atoms with E-state index in [4.69, 9.17) is 5.73 Å². The highest BCUT2D eigenvalue weighted by atomic mass is 16.6. The summed E-state index contributed by atoms with van der Waals surface area (Å²) in [5.41, 5.74) is 9.83. The molecule has 0 aromatic rings. The molecule has 0 spiro atoms. The summed E-state index contributed by atoms with van der Waals surface area (Å²) >= 11 is 0. The molecule has 0 radical (unpaired) electrons. The normalized spacial score (nSPS) is 12.0. The van der Waals surface area contributed by atoms with E-state index in [1.807, 2.05) is 19.9 Å². The van der Waals surface area contributed by atoms with Gasteiger partial charge in [-0.05, 0) is 40.0 Å². The summed E-state index contributed by atoms with van der Waals surface area (Å²) in [5, 5.41) is 0. The Labute approximate surface area is 134 Å². The lowest BCUT2D eigenvalue weighted by atomic mass is 10.1. The number of hydrogen-bond acceptors (Lipinski definition) is 3. The van der Waals surface area contributed by atoms with Gasteiger partial charge in [0.15, 0.2) is 0 Å². The van der Waals surface area contributed by atoms with Crippen LogP contribution >= 0.6 is 0 Å². The number of carbonyl (C=O) groups is 2. The topological polar surface area (TPSA) is 81.4 Å². The van der Waals surface area contributed by atoms with Gasteiger partial charge in [-0.3, -0.25) is 14.4 Å². The molecule has 0 aliphatic heterocycles. The average molecular weight is 312 g/mol. The van der Waals surface area contributed by atoms with Crippen LogP contribution in [0.2, 0.25) is 0 Å². The van der Waals surface area contributed by atoms with Crippen LogP contribution in [0.4, 0.5) is 0 Å². The molecule has 0 atom stereocenters. The van der Waals surface area contributed by atoms with Crippen molar-refractivity contribution in [3.05, 3.63) is 22.8 Å². The third-order valence-electron chi connectivity index (χ3n) is 3.21. The van der Waals surface area contributed by atoms with E-state index in [0.29, 0.717) is 5.57 Å². The molecule has 22 heavy (non-hydrogen) atoms. The maximum absolute atomic E-state index is 11.3. The van der Waals surface area contributed by atoms with Crippen molar-refractivity contribution in [3.63, 3.8) is 0 Å². The molecule has 3 N–H and O–H groups in total. The van der Waals surface area contributed by atoms with Crippen molar-refractivity contribution in [1.29, 1.82) is 0 Å². The Balaban J connectivity index is 0. The average Bonchev–Trinajstić information content (AvgIpc) is 2.50. The van der Waals surface area contributed by atoms with E-state index in [2.05, 4.69) is 24.2 Å². The molecule has 0 aromatic heterocycles. The molecule has 2 amide bonds. The number of primary amides is 1. The number of hydroxylamine groups is 1. The zero-order valence-electron chi connectivity index (χ0n) is 14.9. The van der Waals surface area contributed by atoms with Gasteiger partial charge in [0.25, 0.3) is 5.91 Å². The fourth-order valence-corrected chi connectivity index (χ4v) is 1.45. The van der Waals surface area contributed by atoms with Crippen molar-refractivity contribution < 1.29 is 14.4 Å². The third-order valence-corrected chi connectivity index (χ3v) is 3.21. The molecule has 128 valence electrons. The van der Waals surface area contributed by atoms with Crippen molar-refractivity contribution >= 4 is 11.8 Å². The van der Waals surface area contributed by atoms with Gasteiger partial charge in [-0.15, -0.1) is 0 Å². The number of hydrogen-bond donors (Lipinski definition) is 2. The van der Waals surface area contributed by atoms with Crippen LogP contribution in [0.25, 0.3) is 0 Å². The van der Waals surface area contributed by atoms with Crippen molar-refractivity contribution in [2.75, 3.05) is 7.11 Å². The second-order valence-electron chi connectivity index (χ2n) is 5.18. The molecule has 5 heteroatoms. The van der Waals surface area contributed by atoms with Gasteiger partial charge < -0.3 is 5.73 Å². The lowest BCUT2D eigenvalue weighted by molar-refractivity contribution is -0.127. The molecule has 0 rings (SSSR count). The first-order valence-electron chi connectivity index (χ1n) is 7.77. The van der Waals surface area contributed by atoms with E-state index < -0.39 is 0 Å². The van der Waals surface area contributed by atoms with E-state index >= 15 is 0 Å². The minimum atomic E-state index is -0.316. The predicted octanol–water partition coefficient (Wildman–Crippen LogP) is 3.41.